The molecule has 0 bridgehead atoms. The molecule has 52 heavy (non-hydrogen) atoms. The number of hydrogen-bond acceptors (Lipinski definition) is 8. The number of unbranched alkanes of at least 4 members (excludes halogenated alkanes) is 3. The highest BCUT2D eigenvalue weighted by Gasteiger charge is 2.29. The van der Waals surface area contributed by atoms with Gasteiger partial charge in [-0.15, -0.1) is 11.3 Å². The Morgan fingerprint density at radius 2 is 1.63 bits per heavy atom. The van der Waals surface area contributed by atoms with E-state index in [9.17, 15) is 20.6 Å². The molecule has 1 heterocycles. The summed E-state index contributed by atoms with van der Waals surface area (Å²) < 4.78 is 6.63. The van der Waals surface area contributed by atoms with Crippen molar-refractivity contribution in [3.63, 3.8) is 0 Å². The summed E-state index contributed by atoms with van der Waals surface area (Å²) >= 11 is 1.48. The molecule has 0 radical (unpaired) electrons. The molecule has 1 aromatic heterocycles. The van der Waals surface area contributed by atoms with Gasteiger partial charge in [-0.3, -0.25) is 4.79 Å². The predicted molar refractivity (Wildman–Crippen MR) is 213 cm³/mol. The van der Waals surface area contributed by atoms with E-state index in [0.29, 0.717) is 12.5 Å². The number of hydrogen-bond donors (Lipinski definition) is 0. The van der Waals surface area contributed by atoms with Crippen LogP contribution in [0.5, 0.6) is 5.75 Å². The average Bonchev–Trinajstić information content (AvgIpc) is 3.73. The van der Waals surface area contributed by atoms with Gasteiger partial charge < -0.3 is 9.64 Å². The highest BCUT2D eigenvalue weighted by molar-refractivity contribution is 7.13. The summed E-state index contributed by atoms with van der Waals surface area (Å²) in [6.45, 7) is 11.6. The lowest BCUT2D eigenvalue weighted by atomic mass is 10.0. The Labute approximate surface area is 313 Å². The molecule has 268 valence electrons. The van der Waals surface area contributed by atoms with Crippen molar-refractivity contribution in [1.82, 2.24) is 4.98 Å². The number of carbonyl (C=O) groups excluding carboxylic acids is 1. The van der Waals surface area contributed by atoms with E-state index in [0.717, 1.165) is 84.1 Å². The summed E-state index contributed by atoms with van der Waals surface area (Å²) in [5.41, 5.74) is 4.10. The maximum Gasteiger partial charge on any atom is 0.168 e. The van der Waals surface area contributed by atoms with E-state index in [1.54, 1.807) is 12.2 Å². The van der Waals surface area contributed by atoms with Gasteiger partial charge in [0.1, 0.15) is 34.5 Å². The average molecular weight is 712 g/mol. The fourth-order valence-electron chi connectivity index (χ4n) is 6.14. The lowest BCUT2D eigenvalue weighted by Gasteiger charge is -2.26. The number of anilines is 1. The van der Waals surface area contributed by atoms with Crippen LogP contribution < -0.4 is 9.64 Å². The molecular weight excluding hydrogens is 663 g/mol. The summed E-state index contributed by atoms with van der Waals surface area (Å²) in [7, 11) is 0. The number of nitriles is 3. The van der Waals surface area contributed by atoms with Gasteiger partial charge in [0.25, 0.3) is 0 Å². The maximum atomic E-state index is 12.9. The third-order valence-electron chi connectivity index (χ3n) is 9.31. The molecule has 0 amide bonds. The van der Waals surface area contributed by atoms with Crippen LogP contribution in [0.2, 0.25) is 0 Å². The number of ketones is 1. The van der Waals surface area contributed by atoms with Crippen molar-refractivity contribution in [2.75, 3.05) is 24.6 Å². The normalized spacial score (nSPS) is 13.4. The van der Waals surface area contributed by atoms with Crippen LogP contribution in [0.4, 0.5) is 5.69 Å². The quantitative estimate of drug-likeness (QED) is 0.114. The minimum absolute atomic E-state index is 0.0733. The number of Topliss-reactive ketones (excluding diaryl/α,β-unsaturated/α-hetero) is 1. The minimum Gasteiger partial charge on any atom is -0.493 e. The Hall–Kier alpha value is -5.23. The number of carbonyl (C=O) groups is 1. The molecule has 0 fully saturated rings. The zero-order chi connectivity index (χ0) is 37.3. The fourth-order valence-corrected chi connectivity index (χ4v) is 7.03. The molecule has 0 saturated heterocycles. The Morgan fingerprint density at radius 1 is 0.923 bits per heavy atom. The van der Waals surface area contributed by atoms with Crippen LogP contribution in [0.25, 0.3) is 29.5 Å². The van der Waals surface area contributed by atoms with E-state index in [1.807, 2.05) is 54.6 Å². The first-order chi connectivity index (χ1) is 25.4. The summed E-state index contributed by atoms with van der Waals surface area (Å²) in [6.07, 6.45) is 16.5. The second-order valence-corrected chi connectivity index (χ2v) is 14.1. The van der Waals surface area contributed by atoms with E-state index in [2.05, 4.69) is 56.9 Å². The van der Waals surface area contributed by atoms with Crippen molar-refractivity contribution < 1.29 is 9.53 Å². The first-order valence-electron chi connectivity index (χ1n) is 18.6. The van der Waals surface area contributed by atoms with Crippen molar-refractivity contribution in [2.24, 2.45) is 5.92 Å². The Bertz CT molecular complexity index is 1910. The summed E-state index contributed by atoms with van der Waals surface area (Å²) in [5, 5.41) is 29.4. The third-order valence-corrected chi connectivity index (χ3v) is 10.3. The van der Waals surface area contributed by atoms with Crippen LogP contribution in [0, 0.1) is 39.9 Å². The van der Waals surface area contributed by atoms with Crippen molar-refractivity contribution in [3.05, 3.63) is 92.3 Å². The Kier molecular flexibility index (Phi) is 15.7. The number of thiazole rings is 1. The second kappa shape index (κ2) is 20.6. The van der Waals surface area contributed by atoms with Crippen LogP contribution in [0.1, 0.15) is 101 Å². The largest absolute Gasteiger partial charge is 0.493 e. The Balaban J connectivity index is 1.73. The molecule has 0 N–H and O–H groups in total. The fraction of sp³-hybridized carbons (Fsp3) is 0.386. The van der Waals surface area contributed by atoms with Crippen molar-refractivity contribution >= 4 is 41.0 Å². The maximum absolute atomic E-state index is 12.9. The summed E-state index contributed by atoms with van der Waals surface area (Å²) in [6, 6.07) is 22.1. The molecule has 0 spiro atoms. The molecule has 1 aliphatic rings. The lowest BCUT2D eigenvalue weighted by Crippen LogP contribution is -2.25. The van der Waals surface area contributed by atoms with Gasteiger partial charge in [0.05, 0.1) is 22.8 Å². The van der Waals surface area contributed by atoms with Crippen LogP contribution in [-0.4, -0.2) is 30.5 Å². The molecule has 1 atom stereocenters. The summed E-state index contributed by atoms with van der Waals surface area (Å²) in [5.74, 6) is 1.07. The number of nitrogens with zero attached hydrogens (tertiary/aromatic N) is 5. The topological polar surface area (TPSA) is 114 Å². The molecule has 3 aromatic rings. The van der Waals surface area contributed by atoms with Crippen molar-refractivity contribution in [2.45, 2.75) is 85.5 Å². The zero-order valence-corrected chi connectivity index (χ0v) is 31.8. The van der Waals surface area contributed by atoms with Gasteiger partial charge >= 0.3 is 0 Å². The van der Waals surface area contributed by atoms with Gasteiger partial charge in [-0.1, -0.05) is 90.1 Å². The van der Waals surface area contributed by atoms with Crippen molar-refractivity contribution in [3.8, 4) is 35.2 Å². The smallest absolute Gasteiger partial charge is 0.168 e. The Morgan fingerprint density at radius 3 is 2.27 bits per heavy atom. The predicted octanol–water partition coefficient (Wildman–Crippen LogP) is 11.1. The van der Waals surface area contributed by atoms with Crippen LogP contribution in [0.3, 0.4) is 0 Å². The van der Waals surface area contributed by atoms with E-state index >= 15 is 0 Å². The summed E-state index contributed by atoms with van der Waals surface area (Å²) in [4.78, 5) is 21.2. The molecule has 4 rings (SSSR count). The molecular formula is C44H49N5O2S. The highest BCUT2D eigenvalue weighted by Crippen LogP contribution is 2.35. The van der Waals surface area contributed by atoms with Gasteiger partial charge in [-0.2, -0.15) is 15.8 Å². The first-order valence-corrected chi connectivity index (χ1v) is 19.4. The number of allylic oxidation sites excluding steroid dienone is 5. The SMILES string of the molecule is CCCCC(CC)COc1cc(N(CCCC)CCCC)ccc1/C=C/c1nc(-c2ccccc2)c(/C=C/C2=C(C#N)C(=C(C#N)C#N)CC2=O)s1. The monoisotopic (exact) mass is 711 g/mol. The molecule has 8 heteroatoms. The second-order valence-electron chi connectivity index (χ2n) is 13.0. The molecule has 7 nitrogen and oxygen atoms in total. The zero-order valence-electron chi connectivity index (χ0n) is 31.0. The minimum atomic E-state index is -0.296. The van der Waals surface area contributed by atoms with E-state index in [1.165, 1.54) is 29.9 Å². The van der Waals surface area contributed by atoms with E-state index in [4.69, 9.17) is 9.72 Å². The molecule has 2 aromatic carbocycles. The van der Waals surface area contributed by atoms with Gasteiger partial charge in [0, 0.05) is 53.5 Å². The number of ether oxygens (including phenoxy) is 1. The number of benzene rings is 2. The van der Waals surface area contributed by atoms with Gasteiger partial charge in [-0.25, -0.2) is 4.98 Å². The molecule has 1 unspecified atom stereocenters. The lowest BCUT2D eigenvalue weighted by molar-refractivity contribution is -0.114. The number of aromatic nitrogens is 1. The standard InChI is InChI=1S/C44H49N5O2S/c1-5-9-15-32(8-4)31-51-41-26-36(49(24-10-6-2)25-11-7-3)20-18-33(41)19-23-43-48-44(34-16-13-12-14-17-34)42(52-43)22-21-37-39(30-47)38(27-40(37)50)35(28-45)29-46/h12-14,16-23,26,32H,5-11,15,24-25,27,31H2,1-4H3/b22-21+,23-19+. The van der Waals surface area contributed by atoms with E-state index in [-0.39, 0.29) is 34.5 Å². The molecule has 1 aliphatic carbocycles. The molecule has 0 saturated carbocycles. The van der Waals surface area contributed by atoms with Gasteiger partial charge in [0.15, 0.2) is 5.78 Å². The van der Waals surface area contributed by atoms with Gasteiger partial charge in [0.2, 0.25) is 0 Å². The highest BCUT2D eigenvalue weighted by atomic mass is 32.1. The molecule has 0 aliphatic heterocycles. The van der Waals surface area contributed by atoms with Crippen LogP contribution in [-0.2, 0) is 4.79 Å². The van der Waals surface area contributed by atoms with Crippen LogP contribution >= 0.6 is 11.3 Å². The third kappa shape index (κ3) is 10.4. The number of rotatable bonds is 19. The van der Waals surface area contributed by atoms with Gasteiger partial charge in [-0.05, 0) is 61.6 Å². The van der Waals surface area contributed by atoms with E-state index < -0.39 is 0 Å². The van der Waals surface area contributed by atoms with Crippen molar-refractivity contribution in [1.29, 1.82) is 15.8 Å². The first kappa shape index (κ1) is 39.6. The van der Waals surface area contributed by atoms with Crippen LogP contribution in [0.15, 0.2) is 76.9 Å².